The summed E-state index contributed by atoms with van der Waals surface area (Å²) < 4.78 is 45.6. The predicted octanol–water partition coefficient (Wildman–Crippen LogP) is 2.92. The minimum Gasteiger partial charge on any atom is -0.386 e. The third-order valence-corrected chi connectivity index (χ3v) is 2.44. The average Bonchev–Trinajstić information content (AvgIpc) is 2.51. The van der Waals surface area contributed by atoms with Crippen LogP contribution in [0.15, 0.2) is 29.3 Å². The fourth-order valence-corrected chi connectivity index (χ4v) is 1.66. The normalized spacial score (nSPS) is 21.7. The molecule has 6 heteroatoms. The molecule has 0 spiro atoms. The Morgan fingerprint density at radius 3 is 2.58 bits per heavy atom. The van der Waals surface area contributed by atoms with Gasteiger partial charge in [-0.15, -0.1) is 0 Å². The minimum absolute atomic E-state index is 0.0598. The van der Waals surface area contributed by atoms with Crippen molar-refractivity contribution in [2.45, 2.75) is 25.8 Å². The molecule has 1 atom stereocenters. The molecular weight excluding hydrogens is 257 g/mol. The number of hydrogen-bond donors (Lipinski definition) is 1. The lowest BCUT2D eigenvalue weighted by molar-refractivity contribution is -0.0831. The van der Waals surface area contributed by atoms with Crippen LogP contribution >= 0.6 is 0 Å². The van der Waals surface area contributed by atoms with Crippen molar-refractivity contribution in [2.24, 2.45) is 10.7 Å². The first-order valence-electron chi connectivity index (χ1n) is 6.03. The van der Waals surface area contributed by atoms with E-state index in [2.05, 4.69) is 9.73 Å². The Labute approximate surface area is 110 Å². The summed E-state index contributed by atoms with van der Waals surface area (Å²) in [5, 5.41) is 0. The van der Waals surface area contributed by atoms with Crippen molar-refractivity contribution < 1.29 is 17.9 Å². The van der Waals surface area contributed by atoms with Crippen LogP contribution in [0.25, 0.3) is 0 Å². The molecule has 1 heterocycles. The molecule has 1 aliphatic rings. The predicted molar refractivity (Wildman–Crippen MR) is 67.9 cm³/mol. The highest BCUT2D eigenvalue weighted by Gasteiger charge is 2.43. The number of benzene rings is 1. The molecule has 0 amide bonds. The number of nitrogens with two attached hydrogens (primary N) is 1. The van der Waals surface area contributed by atoms with Crippen molar-refractivity contribution in [3.8, 4) is 0 Å². The molecule has 0 aromatic heterocycles. The molecule has 1 aromatic carbocycles. The van der Waals surface area contributed by atoms with Crippen LogP contribution < -0.4 is 5.73 Å². The summed E-state index contributed by atoms with van der Waals surface area (Å²) >= 11 is 0. The number of aliphatic imine (C=N–C) groups is 1. The number of alkyl halides is 2. The highest BCUT2D eigenvalue weighted by atomic mass is 19.3. The van der Waals surface area contributed by atoms with Gasteiger partial charge in [-0.2, -0.15) is 0 Å². The summed E-state index contributed by atoms with van der Waals surface area (Å²) in [5.41, 5.74) is 5.23. The van der Waals surface area contributed by atoms with Crippen LogP contribution in [-0.2, 0) is 4.74 Å². The van der Waals surface area contributed by atoms with Crippen LogP contribution in [0.5, 0.6) is 0 Å². The second-order valence-electron chi connectivity index (χ2n) is 3.80. The molecule has 0 saturated heterocycles. The van der Waals surface area contributed by atoms with Crippen molar-refractivity contribution in [1.29, 1.82) is 0 Å². The molecule has 0 saturated carbocycles. The summed E-state index contributed by atoms with van der Waals surface area (Å²) in [7, 11) is 0. The number of hydrogen-bond acceptors (Lipinski definition) is 3. The molecule has 1 aromatic rings. The molecule has 0 fully saturated rings. The molecule has 1 unspecified atom stereocenters. The fraction of sp³-hybridized carbons (Fsp3) is 0.462. The Morgan fingerprint density at radius 2 is 1.95 bits per heavy atom. The molecule has 19 heavy (non-hydrogen) atoms. The maximum Gasteiger partial charge on any atom is 0.297 e. The lowest BCUT2D eigenvalue weighted by Crippen LogP contribution is -2.30. The van der Waals surface area contributed by atoms with E-state index in [1.807, 2.05) is 13.8 Å². The molecule has 0 bridgehead atoms. The van der Waals surface area contributed by atoms with Crippen LogP contribution in [0.2, 0.25) is 0 Å². The second-order valence-corrected chi connectivity index (χ2v) is 3.80. The van der Waals surface area contributed by atoms with E-state index in [4.69, 9.17) is 5.73 Å². The van der Waals surface area contributed by atoms with Gasteiger partial charge in [0.15, 0.2) is 0 Å². The maximum absolute atomic E-state index is 13.7. The molecular formula is C13H17F3N2O. The first-order chi connectivity index (χ1) is 9.00. The van der Waals surface area contributed by atoms with Crippen LogP contribution in [0.1, 0.15) is 25.5 Å². The van der Waals surface area contributed by atoms with Crippen LogP contribution in [-0.4, -0.2) is 25.0 Å². The Bertz CT molecular complexity index is 449. The summed E-state index contributed by atoms with van der Waals surface area (Å²) in [6.07, 6.45) is 0. The first kappa shape index (κ1) is 15.5. The average molecular weight is 274 g/mol. The van der Waals surface area contributed by atoms with Gasteiger partial charge in [0.2, 0.25) is 0 Å². The Balaban J connectivity index is 0.000000861. The van der Waals surface area contributed by atoms with Crippen LogP contribution in [0, 0.1) is 5.82 Å². The van der Waals surface area contributed by atoms with Gasteiger partial charge in [-0.05, 0) is 6.07 Å². The van der Waals surface area contributed by atoms with E-state index in [0.29, 0.717) is 0 Å². The van der Waals surface area contributed by atoms with Crippen molar-refractivity contribution in [3.63, 3.8) is 0 Å². The van der Waals surface area contributed by atoms with Gasteiger partial charge in [-0.25, -0.2) is 13.2 Å². The molecule has 0 radical (unpaired) electrons. The van der Waals surface area contributed by atoms with Gasteiger partial charge < -0.3 is 10.5 Å². The third-order valence-electron chi connectivity index (χ3n) is 2.44. The number of rotatable bonds is 1. The van der Waals surface area contributed by atoms with E-state index in [1.165, 1.54) is 18.2 Å². The lowest BCUT2D eigenvalue weighted by Gasteiger charge is -2.22. The highest BCUT2D eigenvalue weighted by Crippen LogP contribution is 2.37. The molecule has 2 rings (SSSR count). The monoisotopic (exact) mass is 274 g/mol. The Hall–Kier alpha value is -1.56. The van der Waals surface area contributed by atoms with Crippen molar-refractivity contribution in [2.75, 3.05) is 13.2 Å². The number of ether oxygens (including phenoxy) is 1. The van der Waals surface area contributed by atoms with Crippen LogP contribution in [0.4, 0.5) is 13.2 Å². The highest BCUT2D eigenvalue weighted by molar-refractivity contribution is 5.82. The smallest absolute Gasteiger partial charge is 0.297 e. The van der Waals surface area contributed by atoms with E-state index in [9.17, 15) is 13.2 Å². The quantitative estimate of drug-likeness (QED) is 0.856. The summed E-state index contributed by atoms with van der Waals surface area (Å²) in [6, 6.07) is 3.66. The van der Waals surface area contributed by atoms with E-state index in [-0.39, 0.29) is 18.0 Å². The minimum atomic E-state index is -3.27. The SMILES string of the molecule is CC.NC1=NC(c2ccccc2F)C(F)(F)COC1. The largest absolute Gasteiger partial charge is 0.386 e. The van der Waals surface area contributed by atoms with Crippen molar-refractivity contribution >= 4 is 5.84 Å². The molecule has 1 aliphatic heterocycles. The van der Waals surface area contributed by atoms with Crippen molar-refractivity contribution in [3.05, 3.63) is 35.6 Å². The van der Waals surface area contributed by atoms with Gasteiger partial charge in [0.05, 0.1) is 0 Å². The van der Waals surface area contributed by atoms with Gasteiger partial charge in [-0.3, -0.25) is 4.99 Å². The van der Waals surface area contributed by atoms with E-state index >= 15 is 0 Å². The van der Waals surface area contributed by atoms with Gasteiger partial charge in [0.25, 0.3) is 5.92 Å². The zero-order chi connectivity index (χ0) is 14.5. The maximum atomic E-state index is 13.7. The van der Waals surface area contributed by atoms with Gasteiger partial charge >= 0.3 is 0 Å². The lowest BCUT2D eigenvalue weighted by atomic mass is 10.0. The molecule has 3 nitrogen and oxygen atoms in total. The van der Waals surface area contributed by atoms with E-state index < -0.39 is 24.4 Å². The van der Waals surface area contributed by atoms with Crippen molar-refractivity contribution in [1.82, 2.24) is 0 Å². The summed E-state index contributed by atoms with van der Waals surface area (Å²) in [4.78, 5) is 3.64. The zero-order valence-corrected chi connectivity index (χ0v) is 10.9. The van der Waals surface area contributed by atoms with E-state index in [1.54, 1.807) is 0 Å². The second kappa shape index (κ2) is 6.56. The van der Waals surface area contributed by atoms with Gasteiger partial charge in [0.1, 0.15) is 30.9 Å². The summed E-state index contributed by atoms with van der Waals surface area (Å²) in [5.74, 6) is -4.06. The summed E-state index contributed by atoms with van der Waals surface area (Å²) in [6.45, 7) is 3.01. The number of nitrogens with zero attached hydrogens (tertiary/aromatic N) is 1. The van der Waals surface area contributed by atoms with Gasteiger partial charge in [-0.1, -0.05) is 32.0 Å². The number of amidine groups is 1. The Kier molecular flexibility index (Phi) is 5.35. The zero-order valence-electron chi connectivity index (χ0n) is 10.9. The van der Waals surface area contributed by atoms with E-state index in [0.717, 1.165) is 6.07 Å². The molecule has 0 aliphatic carbocycles. The third kappa shape index (κ3) is 3.70. The standard InChI is InChI=1S/C11H11F3N2O.C2H6/c12-8-4-2-1-3-7(8)10-11(13,14)6-17-5-9(15)16-10;1-2/h1-4,10H,5-6H2,(H2,15,16);1-2H3. The number of halogens is 3. The molecule has 2 N–H and O–H groups in total. The Morgan fingerprint density at radius 1 is 1.32 bits per heavy atom. The fourth-order valence-electron chi connectivity index (χ4n) is 1.66. The topological polar surface area (TPSA) is 47.6 Å². The van der Waals surface area contributed by atoms with Gasteiger partial charge in [0, 0.05) is 5.56 Å². The first-order valence-corrected chi connectivity index (χ1v) is 6.03. The molecule has 106 valence electrons. The van der Waals surface area contributed by atoms with Crippen LogP contribution in [0.3, 0.4) is 0 Å².